The van der Waals surface area contributed by atoms with Gasteiger partial charge in [0, 0.05) is 25.1 Å². The van der Waals surface area contributed by atoms with Crippen LogP contribution in [0.25, 0.3) is 11.0 Å². The van der Waals surface area contributed by atoms with Gasteiger partial charge in [-0.2, -0.15) is 0 Å². The fraction of sp³-hybridized carbons (Fsp3) is 0.450. The number of rotatable bonds is 7. The number of carbonyl (C=O) groups is 2. The second-order valence-corrected chi connectivity index (χ2v) is 6.43. The van der Waals surface area contributed by atoms with Crippen LogP contribution < -0.4 is 5.63 Å². The maximum absolute atomic E-state index is 13.0. The Labute approximate surface area is 156 Å². The van der Waals surface area contributed by atoms with E-state index < -0.39 is 11.5 Å². The van der Waals surface area contributed by atoms with E-state index in [1.54, 1.807) is 25.1 Å². The van der Waals surface area contributed by atoms with Crippen LogP contribution in [0.3, 0.4) is 0 Å². The standard InChI is InChI=1S/C20H23NO6/c1-2-25-18(22)9-10-21(13-15-7-5-11-26-15)19(23)16-12-14-6-3-4-8-17(14)27-20(16)24/h3-4,6,8,12,15H,2,5,7,9-11,13H2,1H3. The number of para-hydroxylation sites is 1. The molecular weight excluding hydrogens is 350 g/mol. The molecule has 2 heterocycles. The Morgan fingerprint density at radius 1 is 1.30 bits per heavy atom. The normalized spacial score (nSPS) is 16.4. The predicted octanol–water partition coefficient (Wildman–Crippen LogP) is 2.37. The lowest BCUT2D eigenvalue weighted by molar-refractivity contribution is -0.143. The molecule has 1 fully saturated rings. The molecule has 7 heteroatoms. The van der Waals surface area contributed by atoms with Crippen molar-refractivity contribution in [3.8, 4) is 0 Å². The van der Waals surface area contributed by atoms with Crippen LogP contribution in [0, 0.1) is 0 Å². The van der Waals surface area contributed by atoms with Crippen molar-refractivity contribution >= 4 is 22.8 Å². The molecule has 0 bridgehead atoms. The van der Waals surface area contributed by atoms with Crippen LogP contribution >= 0.6 is 0 Å². The summed E-state index contributed by atoms with van der Waals surface area (Å²) >= 11 is 0. The number of amides is 1. The van der Waals surface area contributed by atoms with Crippen molar-refractivity contribution in [3.63, 3.8) is 0 Å². The summed E-state index contributed by atoms with van der Waals surface area (Å²) in [7, 11) is 0. The third kappa shape index (κ3) is 4.74. The number of fused-ring (bicyclic) bond motifs is 1. The van der Waals surface area contributed by atoms with Crippen LogP contribution in [0.2, 0.25) is 0 Å². The highest BCUT2D eigenvalue weighted by Crippen LogP contribution is 2.17. The largest absolute Gasteiger partial charge is 0.466 e. The molecule has 1 saturated heterocycles. The van der Waals surface area contributed by atoms with E-state index in [9.17, 15) is 14.4 Å². The maximum atomic E-state index is 13.0. The zero-order valence-electron chi connectivity index (χ0n) is 15.3. The Bertz CT molecular complexity index is 868. The molecule has 0 N–H and O–H groups in total. The molecule has 1 atom stereocenters. The third-order valence-electron chi connectivity index (χ3n) is 4.50. The van der Waals surface area contributed by atoms with E-state index in [2.05, 4.69) is 0 Å². The van der Waals surface area contributed by atoms with Gasteiger partial charge in [0.1, 0.15) is 11.1 Å². The van der Waals surface area contributed by atoms with Crippen molar-refractivity contribution in [3.05, 3.63) is 46.3 Å². The zero-order valence-corrected chi connectivity index (χ0v) is 15.3. The van der Waals surface area contributed by atoms with Crippen molar-refractivity contribution in [2.75, 3.05) is 26.3 Å². The van der Waals surface area contributed by atoms with Gasteiger partial charge >= 0.3 is 11.6 Å². The lowest BCUT2D eigenvalue weighted by Gasteiger charge is -2.25. The van der Waals surface area contributed by atoms with Gasteiger partial charge in [-0.1, -0.05) is 18.2 Å². The third-order valence-corrected chi connectivity index (χ3v) is 4.50. The Morgan fingerprint density at radius 2 is 2.11 bits per heavy atom. The van der Waals surface area contributed by atoms with Gasteiger partial charge in [-0.3, -0.25) is 9.59 Å². The summed E-state index contributed by atoms with van der Waals surface area (Å²) < 4.78 is 15.8. The summed E-state index contributed by atoms with van der Waals surface area (Å²) in [6.45, 7) is 3.15. The van der Waals surface area contributed by atoms with Crippen LogP contribution in [0.4, 0.5) is 0 Å². The Kier molecular flexibility index (Phi) is 6.24. The quantitative estimate of drug-likeness (QED) is 0.547. The number of esters is 1. The molecule has 1 aromatic heterocycles. The minimum absolute atomic E-state index is 0.0458. The molecule has 0 spiro atoms. The van der Waals surface area contributed by atoms with Crippen molar-refractivity contribution in [1.29, 1.82) is 0 Å². The predicted molar refractivity (Wildman–Crippen MR) is 98.6 cm³/mol. The van der Waals surface area contributed by atoms with Gasteiger partial charge in [0.2, 0.25) is 0 Å². The molecular formula is C20H23NO6. The molecule has 2 aromatic rings. The number of nitrogens with zero attached hydrogens (tertiary/aromatic N) is 1. The van der Waals surface area contributed by atoms with Crippen molar-refractivity contribution in [2.24, 2.45) is 0 Å². The van der Waals surface area contributed by atoms with Crippen LogP contribution in [-0.4, -0.2) is 49.2 Å². The van der Waals surface area contributed by atoms with Gasteiger partial charge in [-0.25, -0.2) is 4.79 Å². The summed E-state index contributed by atoms with van der Waals surface area (Å²) in [6, 6.07) is 8.56. The molecule has 1 amide bonds. The fourth-order valence-corrected chi connectivity index (χ4v) is 3.15. The molecule has 1 aliphatic heterocycles. The zero-order chi connectivity index (χ0) is 19.2. The summed E-state index contributed by atoms with van der Waals surface area (Å²) in [4.78, 5) is 38.5. The van der Waals surface area contributed by atoms with E-state index in [0.717, 1.165) is 12.8 Å². The van der Waals surface area contributed by atoms with Gasteiger partial charge in [0.05, 0.1) is 19.1 Å². The smallest absolute Gasteiger partial charge is 0.349 e. The molecule has 0 saturated carbocycles. The lowest BCUT2D eigenvalue weighted by atomic mass is 10.1. The maximum Gasteiger partial charge on any atom is 0.349 e. The molecule has 0 radical (unpaired) electrons. The Hall–Kier alpha value is -2.67. The first kappa shape index (κ1) is 19.1. The first-order valence-corrected chi connectivity index (χ1v) is 9.18. The van der Waals surface area contributed by atoms with Crippen LogP contribution in [0.5, 0.6) is 0 Å². The van der Waals surface area contributed by atoms with Crippen molar-refractivity contribution in [1.82, 2.24) is 4.90 Å². The Balaban J connectivity index is 1.83. The van der Waals surface area contributed by atoms with E-state index in [1.165, 1.54) is 11.0 Å². The summed E-state index contributed by atoms with van der Waals surface area (Å²) in [5, 5.41) is 0.669. The van der Waals surface area contributed by atoms with Gasteiger partial charge in [0.25, 0.3) is 5.91 Å². The van der Waals surface area contributed by atoms with Crippen molar-refractivity contribution < 1.29 is 23.5 Å². The molecule has 27 heavy (non-hydrogen) atoms. The lowest BCUT2D eigenvalue weighted by Crippen LogP contribution is -2.40. The minimum Gasteiger partial charge on any atom is -0.466 e. The number of benzene rings is 1. The number of hydrogen-bond donors (Lipinski definition) is 0. The monoisotopic (exact) mass is 373 g/mol. The van der Waals surface area contributed by atoms with E-state index in [-0.39, 0.29) is 37.2 Å². The SMILES string of the molecule is CCOC(=O)CCN(CC1CCCO1)C(=O)c1cc2ccccc2oc1=O. The van der Waals surface area contributed by atoms with Gasteiger partial charge < -0.3 is 18.8 Å². The first-order valence-electron chi connectivity index (χ1n) is 9.18. The molecule has 3 rings (SSSR count). The second-order valence-electron chi connectivity index (χ2n) is 6.43. The fourth-order valence-electron chi connectivity index (χ4n) is 3.15. The molecule has 7 nitrogen and oxygen atoms in total. The molecule has 1 aliphatic rings. The van der Waals surface area contributed by atoms with Crippen molar-refractivity contribution in [2.45, 2.75) is 32.3 Å². The number of carbonyl (C=O) groups excluding carboxylic acids is 2. The molecule has 1 unspecified atom stereocenters. The average molecular weight is 373 g/mol. The number of ether oxygens (including phenoxy) is 2. The van der Waals surface area contributed by atoms with E-state index in [4.69, 9.17) is 13.9 Å². The average Bonchev–Trinajstić information content (AvgIpc) is 3.17. The van der Waals surface area contributed by atoms with Crippen LogP contribution in [0.1, 0.15) is 36.5 Å². The summed E-state index contributed by atoms with van der Waals surface area (Å²) in [5.74, 6) is -0.845. The van der Waals surface area contributed by atoms with E-state index in [0.29, 0.717) is 24.1 Å². The highest BCUT2D eigenvalue weighted by Gasteiger charge is 2.26. The van der Waals surface area contributed by atoms with Crippen LogP contribution in [0.15, 0.2) is 39.5 Å². The Morgan fingerprint density at radius 3 is 2.85 bits per heavy atom. The first-order chi connectivity index (χ1) is 13.1. The second kappa shape index (κ2) is 8.81. The van der Waals surface area contributed by atoms with Crippen LogP contribution in [-0.2, 0) is 14.3 Å². The summed E-state index contributed by atoms with van der Waals surface area (Å²) in [5.41, 5.74) is -0.306. The van der Waals surface area contributed by atoms with E-state index >= 15 is 0 Å². The van der Waals surface area contributed by atoms with E-state index in [1.807, 2.05) is 6.07 Å². The highest BCUT2D eigenvalue weighted by molar-refractivity contribution is 5.96. The highest BCUT2D eigenvalue weighted by atomic mass is 16.5. The van der Waals surface area contributed by atoms with Gasteiger partial charge in [-0.05, 0) is 31.9 Å². The molecule has 1 aromatic carbocycles. The molecule has 0 aliphatic carbocycles. The topological polar surface area (TPSA) is 86.0 Å². The summed E-state index contributed by atoms with van der Waals surface area (Å²) in [6.07, 6.45) is 1.74. The van der Waals surface area contributed by atoms with Gasteiger partial charge in [0.15, 0.2) is 0 Å². The molecule has 144 valence electrons. The number of hydrogen-bond acceptors (Lipinski definition) is 6. The van der Waals surface area contributed by atoms with Gasteiger partial charge in [-0.15, -0.1) is 0 Å². The minimum atomic E-state index is -0.688.